The van der Waals surface area contributed by atoms with Crippen molar-refractivity contribution in [2.24, 2.45) is 5.92 Å². The van der Waals surface area contributed by atoms with Crippen molar-refractivity contribution in [1.29, 1.82) is 0 Å². The van der Waals surface area contributed by atoms with E-state index < -0.39 is 5.82 Å². The van der Waals surface area contributed by atoms with Crippen LogP contribution in [0.1, 0.15) is 40.5 Å². The maximum absolute atomic E-state index is 14.7. The van der Waals surface area contributed by atoms with E-state index in [4.69, 9.17) is 0 Å². The van der Waals surface area contributed by atoms with Crippen molar-refractivity contribution in [3.05, 3.63) is 77.9 Å². The van der Waals surface area contributed by atoms with Crippen molar-refractivity contribution in [1.82, 2.24) is 14.7 Å². The highest BCUT2D eigenvalue weighted by atomic mass is 19.1. The number of likely N-dealkylation sites (tertiary alicyclic amines) is 1. The molecular formula is C24H24FN3O2. The summed E-state index contributed by atoms with van der Waals surface area (Å²) >= 11 is 0. The van der Waals surface area contributed by atoms with E-state index >= 15 is 0 Å². The van der Waals surface area contributed by atoms with Crippen LogP contribution in [0.15, 0.2) is 60.9 Å². The molecule has 1 aliphatic rings. The van der Waals surface area contributed by atoms with Crippen molar-refractivity contribution in [3.63, 3.8) is 0 Å². The number of Topliss-reactive ketones (excluding diaryl/α,β-unsaturated/α-hetero) is 1. The molecule has 30 heavy (non-hydrogen) atoms. The summed E-state index contributed by atoms with van der Waals surface area (Å²) in [5.41, 5.74) is 2.13. The molecule has 1 aliphatic heterocycles. The van der Waals surface area contributed by atoms with Crippen molar-refractivity contribution in [2.45, 2.75) is 26.3 Å². The maximum atomic E-state index is 14.7. The average Bonchev–Trinajstić information content (AvgIpc) is 3.28. The van der Waals surface area contributed by atoms with Gasteiger partial charge in [0.15, 0.2) is 5.78 Å². The van der Waals surface area contributed by atoms with Gasteiger partial charge in [-0.25, -0.2) is 4.39 Å². The highest BCUT2D eigenvalue weighted by Gasteiger charge is 2.30. The standard InChI is InChI=1S/C24H24FN3O2/c1-2-28-16-20(14-26-28)24(30)27-12-6-9-19(15-27)23(29)18-10-11-21(22(25)13-18)17-7-4-3-5-8-17/h3-5,7-8,10-11,13-14,16,19H,2,6,9,12,15H2,1H3. The van der Waals surface area contributed by atoms with Crippen LogP contribution in [0, 0.1) is 11.7 Å². The predicted octanol–water partition coefficient (Wildman–Crippen LogP) is 4.44. The summed E-state index contributed by atoms with van der Waals surface area (Å²) in [5, 5.41) is 4.16. The molecule has 1 unspecified atom stereocenters. The largest absolute Gasteiger partial charge is 0.338 e. The molecule has 1 saturated heterocycles. The van der Waals surface area contributed by atoms with E-state index in [1.165, 1.54) is 6.07 Å². The second-order valence-electron chi connectivity index (χ2n) is 7.60. The average molecular weight is 405 g/mol. The summed E-state index contributed by atoms with van der Waals surface area (Å²) in [5.74, 6) is -0.971. The number of amides is 1. The normalized spacial score (nSPS) is 16.5. The Labute approximate surface area is 175 Å². The van der Waals surface area contributed by atoms with E-state index in [1.54, 1.807) is 34.1 Å². The zero-order chi connectivity index (χ0) is 21.1. The lowest BCUT2D eigenvalue weighted by atomic mass is 9.89. The highest BCUT2D eigenvalue weighted by Crippen LogP contribution is 2.27. The van der Waals surface area contributed by atoms with Crippen LogP contribution < -0.4 is 0 Å². The second kappa shape index (κ2) is 8.61. The number of aromatic nitrogens is 2. The molecule has 0 radical (unpaired) electrons. The highest BCUT2D eigenvalue weighted by molar-refractivity contribution is 5.99. The van der Waals surface area contributed by atoms with Crippen molar-refractivity contribution in [2.75, 3.05) is 13.1 Å². The first-order valence-corrected chi connectivity index (χ1v) is 10.3. The van der Waals surface area contributed by atoms with Crippen LogP contribution in [-0.2, 0) is 6.54 Å². The molecule has 0 bridgehead atoms. The molecule has 1 amide bonds. The number of piperidine rings is 1. The summed E-state index contributed by atoms with van der Waals surface area (Å²) in [7, 11) is 0. The first-order valence-electron chi connectivity index (χ1n) is 10.3. The Kier molecular flexibility index (Phi) is 5.74. The molecule has 0 N–H and O–H groups in total. The van der Waals surface area contributed by atoms with Crippen molar-refractivity contribution >= 4 is 11.7 Å². The van der Waals surface area contributed by atoms with E-state index in [9.17, 15) is 14.0 Å². The topological polar surface area (TPSA) is 55.2 Å². The number of aryl methyl sites for hydroxylation is 1. The lowest BCUT2D eigenvalue weighted by molar-refractivity contribution is 0.0636. The summed E-state index contributed by atoms with van der Waals surface area (Å²) in [6, 6.07) is 13.9. The Hall–Kier alpha value is -3.28. The monoisotopic (exact) mass is 405 g/mol. The van der Waals surface area contributed by atoms with E-state index in [0.29, 0.717) is 42.7 Å². The Balaban J connectivity index is 1.49. The Bertz CT molecular complexity index is 1060. The van der Waals surface area contributed by atoms with Gasteiger partial charge in [0.1, 0.15) is 5.82 Å². The predicted molar refractivity (Wildman–Crippen MR) is 113 cm³/mol. The quantitative estimate of drug-likeness (QED) is 0.590. The number of ketones is 1. The van der Waals surface area contributed by atoms with Crippen molar-refractivity contribution < 1.29 is 14.0 Å². The summed E-state index contributed by atoms with van der Waals surface area (Å²) in [6.07, 6.45) is 4.73. The third-order valence-electron chi connectivity index (χ3n) is 5.62. The number of halogens is 1. The summed E-state index contributed by atoms with van der Waals surface area (Å²) in [4.78, 5) is 27.5. The number of carbonyl (C=O) groups is 2. The molecule has 0 saturated carbocycles. The third-order valence-corrected chi connectivity index (χ3v) is 5.62. The van der Waals surface area contributed by atoms with Gasteiger partial charge in [-0.05, 0) is 31.4 Å². The zero-order valence-electron chi connectivity index (χ0n) is 16.9. The lowest BCUT2D eigenvalue weighted by Crippen LogP contribution is -2.42. The van der Waals surface area contributed by atoms with Gasteiger partial charge in [0.25, 0.3) is 5.91 Å². The summed E-state index contributed by atoms with van der Waals surface area (Å²) < 4.78 is 16.4. The second-order valence-corrected chi connectivity index (χ2v) is 7.60. The minimum atomic E-state index is -0.414. The maximum Gasteiger partial charge on any atom is 0.257 e. The van der Waals surface area contributed by atoms with Crippen LogP contribution in [0.2, 0.25) is 0 Å². The molecule has 4 rings (SSSR count). The molecule has 1 atom stereocenters. The van der Waals surface area contributed by atoms with Crippen LogP contribution in [0.3, 0.4) is 0 Å². The van der Waals surface area contributed by atoms with E-state index in [0.717, 1.165) is 12.0 Å². The fourth-order valence-electron chi connectivity index (χ4n) is 3.96. The Morgan fingerprint density at radius 1 is 1.13 bits per heavy atom. The van der Waals surface area contributed by atoms with Crippen LogP contribution in [0.25, 0.3) is 11.1 Å². The molecule has 6 heteroatoms. The number of benzene rings is 2. The molecule has 3 aromatic rings. The van der Waals surface area contributed by atoms with Crippen LogP contribution in [-0.4, -0.2) is 39.5 Å². The van der Waals surface area contributed by atoms with Crippen LogP contribution in [0.4, 0.5) is 4.39 Å². The number of rotatable bonds is 5. The third kappa shape index (κ3) is 4.03. The molecule has 1 fully saturated rings. The molecular weight excluding hydrogens is 381 g/mol. The van der Waals surface area contributed by atoms with E-state index in [-0.39, 0.29) is 17.6 Å². The molecule has 2 heterocycles. The number of carbonyl (C=O) groups excluding carboxylic acids is 2. The van der Waals surface area contributed by atoms with Gasteiger partial charge in [-0.1, -0.05) is 42.5 Å². The lowest BCUT2D eigenvalue weighted by Gasteiger charge is -2.31. The van der Waals surface area contributed by atoms with Gasteiger partial charge in [0.2, 0.25) is 0 Å². The van der Waals surface area contributed by atoms with Crippen molar-refractivity contribution in [3.8, 4) is 11.1 Å². The summed E-state index contributed by atoms with van der Waals surface area (Å²) in [6.45, 7) is 3.61. The molecule has 5 nitrogen and oxygen atoms in total. The smallest absolute Gasteiger partial charge is 0.257 e. The minimum absolute atomic E-state index is 0.113. The minimum Gasteiger partial charge on any atom is -0.338 e. The van der Waals surface area contributed by atoms with E-state index in [2.05, 4.69) is 5.10 Å². The van der Waals surface area contributed by atoms with E-state index in [1.807, 2.05) is 37.3 Å². The first kappa shape index (κ1) is 20.0. The van der Waals surface area contributed by atoms with Gasteiger partial charge in [-0.2, -0.15) is 5.10 Å². The Morgan fingerprint density at radius 3 is 2.63 bits per heavy atom. The fourth-order valence-corrected chi connectivity index (χ4v) is 3.96. The molecule has 0 aliphatic carbocycles. The van der Waals surface area contributed by atoms with Gasteiger partial charge < -0.3 is 4.90 Å². The molecule has 0 spiro atoms. The zero-order valence-corrected chi connectivity index (χ0v) is 16.9. The Morgan fingerprint density at radius 2 is 1.93 bits per heavy atom. The SMILES string of the molecule is CCn1cc(C(=O)N2CCCC(C(=O)c3ccc(-c4ccccc4)c(F)c3)C2)cn1. The van der Waals surface area contributed by atoms with Crippen LogP contribution in [0.5, 0.6) is 0 Å². The van der Waals surface area contributed by atoms with Gasteiger partial charge >= 0.3 is 0 Å². The fraction of sp³-hybridized carbons (Fsp3) is 0.292. The number of hydrogen-bond acceptors (Lipinski definition) is 3. The van der Waals surface area contributed by atoms with Gasteiger partial charge in [-0.15, -0.1) is 0 Å². The van der Waals surface area contributed by atoms with Gasteiger partial charge in [0.05, 0.1) is 11.8 Å². The number of nitrogens with zero attached hydrogens (tertiary/aromatic N) is 3. The number of hydrogen-bond donors (Lipinski definition) is 0. The molecule has 2 aromatic carbocycles. The molecule has 154 valence electrons. The molecule has 1 aromatic heterocycles. The van der Waals surface area contributed by atoms with Crippen LogP contribution >= 0.6 is 0 Å². The first-order chi connectivity index (χ1) is 14.6. The van der Waals surface area contributed by atoms with Gasteiger partial charge in [0, 0.05) is 42.9 Å². The van der Waals surface area contributed by atoms with Gasteiger partial charge in [-0.3, -0.25) is 14.3 Å².